The predicted molar refractivity (Wildman–Crippen MR) is 112 cm³/mol. The first-order valence-electron chi connectivity index (χ1n) is 10.1. The number of nitrogens with zero attached hydrogens (tertiary/aromatic N) is 2. The number of carbonyl (C=O) groups excluding carboxylic acids is 2. The summed E-state index contributed by atoms with van der Waals surface area (Å²) in [7, 11) is 0. The summed E-state index contributed by atoms with van der Waals surface area (Å²) < 4.78 is 0. The first-order valence-corrected chi connectivity index (χ1v) is 10.1. The number of hydrogen-bond donors (Lipinski definition) is 0. The Bertz CT molecular complexity index is 752. The van der Waals surface area contributed by atoms with E-state index < -0.39 is 11.6 Å². The molecule has 4 heteroatoms. The molecule has 0 aromatic heterocycles. The fraction of sp³-hybridized carbons (Fsp3) is 0.417. The molecule has 0 aliphatic carbocycles. The van der Waals surface area contributed by atoms with Crippen LogP contribution in [0.25, 0.3) is 0 Å². The van der Waals surface area contributed by atoms with Gasteiger partial charge < -0.3 is 0 Å². The lowest BCUT2D eigenvalue weighted by Gasteiger charge is -2.34. The molecule has 2 aromatic carbocycles. The van der Waals surface area contributed by atoms with Crippen LogP contribution in [0, 0.1) is 0 Å². The number of isocyanates is 2. The van der Waals surface area contributed by atoms with Crippen LogP contribution in [0.4, 0.5) is 0 Å². The summed E-state index contributed by atoms with van der Waals surface area (Å²) >= 11 is 0. The minimum atomic E-state index is -1.08. The smallest absolute Gasteiger partial charge is 0.211 e. The lowest BCUT2D eigenvalue weighted by atomic mass is 9.75. The molecule has 0 bridgehead atoms. The molecule has 0 saturated heterocycles. The highest BCUT2D eigenvalue weighted by Gasteiger charge is 2.42. The van der Waals surface area contributed by atoms with E-state index in [1.54, 1.807) is 12.2 Å². The Morgan fingerprint density at radius 2 is 1.32 bits per heavy atom. The van der Waals surface area contributed by atoms with Crippen molar-refractivity contribution in [3.8, 4) is 0 Å². The molecule has 28 heavy (non-hydrogen) atoms. The lowest BCUT2D eigenvalue weighted by molar-refractivity contribution is 0.384. The summed E-state index contributed by atoms with van der Waals surface area (Å²) in [5.41, 5.74) is 0.560. The summed E-state index contributed by atoms with van der Waals surface area (Å²) in [6.07, 6.45) is 10.9. The van der Waals surface area contributed by atoms with E-state index in [0.29, 0.717) is 6.42 Å². The van der Waals surface area contributed by atoms with Crippen molar-refractivity contribution in [2.24, 2.45) is 9.98 Å². The van der Waals surface area contributed by atoms with E-state index in [0.717, 1.165) is 30.4 Å². The quantitative estimate of drug-likeness (QED) is 0.270. The van der Waals surface area contributed by atoms with Crippen molar-refractivity contribution in [3.05, 3.63) is 71.8 Å². The average molecular weight is 377 g/mol. The maximum absolute atomic E-state index is 11.5. The third-order valence-corrected chi connectivity index (χ3v) is 5.17. The Kier molecular flexibility index (Phi) is 9.07. The zero-order valence-corrected chi connectivity index (χ0v) is 16.5. The van der Waals surface area contributed by atoms with Crippen LogP contribution in [0.3, 0.4) is 0 Å². The summed E-state index contributed by atoms with van der Waals surface area (Å²) in [4.78, 5) is 31.2. The van der Waals surface area contributed by atoms with Crippen molar-refractivity contribution in [1.29, 1.82) is 0 Å². The third-order valence-electron chi connectivity index (χ3n) is 5.17. The SMILES string of the molecule is CCCCCCCCC(N=C=O)C(N=C=O)(c1ccccc1)c1ccccc1. The number of rotatable bonds is 12. The third kappa shape index (κ3) is 5.36. The molecule has 4 nitrogen and oxygen atoms in total. The maximum atomic E-state index is 11.5. The van der Waals surface area contributed by atoms with Crippen LogP contribution in [0.5, 0.6) is 0 Å². The molecule has 0 heterocycles. The second-order valence-corrected chi connectivity index (χ2v) is 6.99. The molecule has 0 radical (unpaired) electrons. The largest absolute Gasteiger partial charge is 0.236 e. The molecule has 2 rings (SSSR count). The van der Waals surface area contributed by atoms with E-state index in [2.05, 4.69) is 16.9 Å². The summed E-state index contributed by atoms with van der Waals surface area (Å²) in [5.74, 6) is 0. The van der Waals surface area contributed by atoms with Gasteiger partial charge in [0.15, 0.2) is 0 Å². The molecule has 146 valence electrons. The normalized spacial score (nSPS) is 11.9. The molecular formula is C24H28N2O2. The van der Waals surface area contributed by atoms with E-state index >= 15 is 0 Å². The van der Waals surface area contributed by atoms with Crippen LogP contribution >= 0.6 is 0 Å². The highest BCUT2D eigenvalue weighted by atomic mass is 16.1. The standard InChI is InChI=1S/C24H28N2O2/c1-2-3-4-5-6-13-18-23(25-19-27)24(26-20-28,21-14-9-7-10-15-21)22-16-11-8-12-17-22/h7-12,14-17,23H,2-6,13,18H2,1H3. The van der Waals surface area contributed by atoms with Gasteiger partial charge in [-0.25, -0.2) is 9.59 Å². The zero-order chi connectivity index (χ0) is 20.1. The molecule has 0 saturated carbocycles. The molecule has 0 aliphatic heterocycles. The van der Waals surface area contributed by atoms with Crippen LogP contribution in [-0.4, -0.2) is 18.2 Å². The van der Waals surface area contributed by atoms with Crippen LogP contribution < -0.4 is 0 Å². The Morgan fingerprint density at radius 1 is 0.786 bits per heavy atom. The van der Waals surface area contributed by atoms with Gasteiger partial charge in [-0.05, 0) is 17.5 Å². The van der Waals surface area contributed by atoms with Gasteiger partial charge in [-0.1, -0.05) is 106 Å². The molecule has 0 aliphatic rings. The van der Waals surface area contributed by atoms with E-state index in [1.807, 2.05) is 60.7 Å². The second kappa shape index (κ2) is 11.8. The minimum Gasteiger partial charge on any atom is -0.211 e. The lowest BCUT2D eigenvalue weighted by Crippen LogP contribution is -2.38. The number of benzene rings is 2. The molecule has 0 amide bonds. The molecule has 0 N–H and O–H groups in total. The molecule has 0 fully saturated rings. The van der Waals surface area contributed by atoms with Gasteiger partial charge in [0.1, 0.15) is 5.54 Å². The van der Waals surface area contributed by atoms with Crippen LogP contribution in [0.15, 0.2) is 70.6 Å². The number of unbranched alkanes of at least 4 members (excludes halogenated alkanes) is 5. The number of aliphatic imine (C=N–C) groups is 2. The van der Waals surface area contributed by atoms with Crippen LogP contribution in [0.1, 0.15) is 63.0 Å². The van der Waals surface area contributed by atoms with E-state index in [1.165, 1.54) is 19.3 Å². The van der Waals surface area contributed by atoms with Gasteiger partial charge in [0, 0.05) is 0 Å². The van der Waals surface area contributed by atoms with Crippen LogP contribution in [-0.2, 0) is 15.1 Å². The minimum absolute atomic E-state index is 0.512. The van der Waals surface area contributed by atoms with Gasteiger partial charge in [-0.3, -0.25) is 0 Å². The fourth-order valence-electron chi connectivity index (χ4n) is 3.76. The highest BCUT2D eigenvalue weighted by molar-refractivity contribution is 5.48. The molecule has 0 spiro atoms. The Labute approximate surface area is 167 Å². The number of hydrogen-bond acceptors (Lipinski definition) is 4. The van der Waals surface area contributed by atoms with Crippen molar-refractivity contribution in [2.45, 2.75) is 63.5 Å². The van der Waals surface area contributed by atoms with Crippen molar-refractivity contribution < 1.29 is 9.59 Å². The van der Waals surface area contributed by atoms with Crippen LogP contribution in [0.2, 0.25) is 0 Å². The maximum Gasteiger partial charge on any atom is 0.236 e. The highest BCUT2D eigenvalue weighted by Crippen LogP contribution is 2.40. The Balaban J connectivity index is 2.42. The van der Waals surface area contributed by atoms with Crippen molar-refractivity contribution in [3.63, 3.8) is 0 Å². The van der Waals surface area contributed by atoms with Gasteiger partial charge in [0.25, 0.3) is 0 Å². The van der Waals surface area contributed by atoms with Gasteiger partial charge in [-0.15, -0.1) is 0 Å². The Hall–Kier alpha value is -2.80. The Morgan fingerprint density at radius 3 is 1.82 bits per heavy atom. The fourth-order valence-corrected chi connectivity index (χ4v) is 3.76. The van der Waals surface area contributed by atoms with Crippen molar-refractivity contribution in [2.75, 3.05) is 0 Å². The monoisotopic (exact) mass is 376 g/mol. The van der Waals surface area contributed by atoms with Gasteiger partial charge >= 0.3 is 0 Å². The molecule has 1 atom stereocenters. The van der Waals surface area contributed by atoms with Crippen molar-refractivity contribution >= 4 is 12.2 Å². The first kappa shape index (κ1) is 21.5. The van der Waals surface area contributed by atoms with Gasteiger partial charge in [0.2, 0.25) is 12.2 Å². The summed E-state index contributed by atoms with van der Waals surface area (Å²) in [6.45, 7) is 2.19. The van der Waals surface area contributed by atoms with E-state index in [4.69, 9.17) is 0 Å². The second-order valence-electron chi connectivity index (χ2n) is 6.99. The van der Waals surface area contributed by atoms with Gasteiger partial charge in [0.05, 0.1) is 6.04 Å². The van der Waals surface area contributed by atoms with E-state index in [9.17, 15) is 9.59 Å². The summed E-state index contributed by atoms with van der Waals surface area (Å²) in [5, 5.41) is 0. The zero-order valence-electron chi connectivity index (χ0n) is 16.5. The van der Waals surface area contributed by atoms with E-state index in [-0.39, 0.29) is 0 Å². The van der Waals surface area contributed by atoms with Crippen molar-refractivity contribution in [1.82, 2.24) is 0 Å². The summed E-state index contributed by atoms with van der Waals surface area (Å²) in [6, 6.07) is 18.6. The first-order chi connectivity index (χ1) is 13.8. The molecule has 1 unspecified atom stereocenters. The molecule has 2 aromatic rings. The van der Waals surface area contributed by atoms with Gasteiger partial charge in [-0.2, -0.15) is 9.98 Å². The predicted octanol–water partition coefficient (Wildman–Crippen LogP) is 5.72. The molecular weight excluding hydrogens is 348 g/mol. The average Bonchev–Trinajstić information content (AvgIpc) is 2.75. The topological polar surface area (TPSA) is 58.9 Å².